The summed E-state index contributed by atoms with van der Waals surface area (Å²) in [5.41, 5.74) is 5.18. The lowest BCUT2D eigenvalue weighted by molar-refractivity contribution is 1.04. The molecule has 0 aliphatic heterocycles. The van der Waals surface area contributed by atoms with Crippen molar-refractivity contribution in [1.82, 2.24) is 4.98 Å². The van der Waals surface area contributed by atoms with Gasteiger partial charge in [-0.2, -0.15) is 0 Å². The largest absolute Gasteiger partial charge is 0.354 e. The van der Waals surface area contributed by atoms with Gasteiger partial charge >= 0.3 is 0 Å². The van der Waals surface area contributed by atoms with Gasteiger partial charge in [0.2, 0.25) is 0 Å². The smallest absolute Gasteiger partial charge is 0.0710 e. The quantitative estimate of drug-likeness (QED) is 0.470. The fraction of sp³-hybridized carbons (Fsp3) is 0.211. The molecule has 0 saturated carbocycles. The molecule has 0 aliphatic carbocycles. The van der Waals surface area contributed by atoms with Crippen molar-refractivity contribution >= 4 is 61.4 Å². The van der Waals surface area contributed by atoms with E-state index in [1.54, 1.807) is 0 Å². The number of halogens is 3. The van der Waals surface area contributed by atoms with Gasteiger partial charge in [0, 0.05) is 33.7 Å². The number of anilines is 2. The molecule has 2 nitrogen and oxygen atoms in total. The predicted octanol–water partition coefficient (Wildman–Crippen LogP) is 6.30. The zero-order chi connectivity index (χ0) is 16.9. The van der Waals surface area contributed by atoms with E-state index in [0.29, 0.717) is 18.2 Å². The number of nitrogens with zero attached hydrogens (tertiary/aromatic N) is 1. The molecule has 5 heteroatoms. The van der Waals surface area contributed by atoms with Crippen molar-refractivity contribution in [3.63, 3.8) is 0 Å². The fourth-order valence-electron chi connectivity index (χ4n) is 2.80. The van der Waals surface area contributed by atoms with Crippen molar-refractivity contribution in [2.75, 3.05) is 17.1 Å². The summed E-state index contributed by atoms with van der Waals surface area (Å²) in [5, 5.41) is 4.64. The van der Waals surface area contributed by atoms with E-state index >= 15 is 0 Å². The number of alkyl halides is 2. The van der Waals surface area contributed by atoms with Crippen LogP contribution in [0.4, 0.5) is 11.4 Å². The van der Waals surface area contributed by atoms with Gasteiger partial charge in [-0.05, 0) is 42.3 Å². The van der Waals surface area contributed by atoms with E-state index in [9.17, 15) is 0 Å². The molecule has 0 aliphatic rings. The SMILES string of the molecule is ClCCc1nc2ccc(Br)cc2c(CCCl)c1Nc1ccccc1. The molecule has 1 aromatic heterocycles. The third-order valence-electron chi connectivity index (χ3n) is 3.85. The summed E-state index contributed by atoms with van der Waals surface area (Å²) >= 11 is 15.7. The topological polar surface area (TPSA) is 24.9 Å². The molecule has 0 unspecified atom stereocenters. The normalized spacial score (nSPS) is 11.0. The Hall–Kier alpha value is -1.29. The third-order valence-corrected chi connectivity index (χ3v) is 4.72. The Morgan fingerprint density at radius 1 is 0.958 bits per heavy atom. The van der Waals surface area contributed by atoms with Gasteiger partial charge in [0.1, 0.15) is 0 Å². The van der Waals surface area contributed by atoms with E-state index < -0.39 is 0 Å². The first-order valence-electron chi connectivity index (χ1n) is 7.78. The molecule has 2 aromatic carbocycles. The molecule has 0 fully saturated rings. The van der Waals surface area contributed by atoms with Gasteiger partial charge in [-0.15, -0.1) is 23.2 Å². The molecule has 0 atom stereocenters. The second-order valence-corrected chi connectivity index (χ2v) is 7.11. The Morgan fingerprint density at radius 2 is 1.71 bits per heavy atom. The number of nitrogens with one attached hydrogen (secondary N) is 1. The van der Waals surface area contributed by atoms with Crippen molar-refractivity contribution in [1.29, 1.82) is 0 Å². The first-order chi connectivity index (χ1) is 11.7. The maximum atomic E-state index is 6.09. The predicted molar refractivity (Wildman–Crippen MR) is 108 cm³/mol. The summed E-state index contributed by atoms with van der Waals surface area (Å²) in [5.74, 6) is 1.08. The molecule has 3 rings (SSSR count). The first-order valence-corrected chi connectivity index (χ1v) is 9.64. The number of benzene rings is 2. The Balaban J connectivity index is 2.21. The number of fused-ring (bicyclic) bond motifs is 1. The molecule has 3 aromatic rings. The second-order valence-electron chi connectivity index (χ2n) is 5.44. The van der Waals surface area contributed by atoms with Crippen molar-refractivity contribution < 1.29 is 0 Å². The summed E-state index contributed by atoms with van der Waals surface area (Å²) in [7, 11) is 0. The molecule has 24 heavy (non-hydrogen) atoms. The highest BCUT2D eigenvalue weighted by Gasteiger charge is 2.15. The average Bonchev–Trinajstić information content (AvgIpc) is 2.59. The van der Waals surface area contributed by atoms with Gasteiger partial charge in [-0.3, -0.25) is 4.98 Å². The number of rotatable bonds is 6. The number of aromatic nitrogens is 1. The van der Waals surface area contributed by atoms with Crippen LogP contribution in [0.1, 0.15) is 11.3 Å². The summed E-state index contributed by atoms with van der Waals surface area (Å²) < 4.78 is 1.03. The minimum absolute atomic E-state index is 0.527. The van der Waals surface area contributed by atoms with Crippen molar-refractivity contribution in [3.8, 4) is 0 Å². The van der Waals surface area contributed by atoms with Crippen LogP contribution in [0.15, 0.2) is 53.0 Å². The van der Waals surface area contributed by atoms with Crippen molar-refractivity contribution in [3.05, 3.63) is 64.3 Å². The highest BCUT2D eigenvalue weighted by Crippen LogP contribution is 2.33. The molecule has 0 spiro atoms. The summed E-state index contributed by atoms with van der Waals surface area (Å²) in [6, 6.07) is 16.2. The van der Waals surface area contributed by atoms with Gasteiger partial charge in [0.05, 0.1) is 16.9 Å². The highest BCUT2D eigenvalue weighted by atomic mass is 79.9. The molecule has 0 bridgehead atoms. The minimum Gasteiger partial charge on any atom is -0.354 e. The zero-order valence-corrected chi connectivity index (χ0v) is 16.1. The Labute approximate surface area is 160 Å². The van der Waals surface area contributed by atoms with Crippen LogP contribution in [-0.4, -0.2) is 16.7 Å². The Bertz CT molecular complexity index is 838. The summed E-state index contributed by atoms with van der Waals surface area (Å²) in [4.78, 5) is 4.83. The third kappa shape index (κ3) is 3.85. The van der Waals surface area contributed by atoms with Crippen LogP contribution in [-0.2, 0) is 12.8 Å². The summed E-state index contributed by atoms with van der Waals surface area (Å²) in [6.07, 6.45) is 1.47. The van der Waals surface area contributed by atoms with E-state index in [1.807, 2.05) is 42.5 Å². The molecule has 0 saturated heterocycles. The van der Waals surface area contributed by atoms with Gasteiger partial charge in [0.15, 0.2) is 0 Å². The lowest BCUT2D eigenvalue weighted by atomic mass is 10.0. The molecule has 1 N–H and O–H groups in total. The van der Waals surface area contributed by atoms with Crippen LogP contribution in [0.25, 0.3) is 10.9 Å². The van der Waals surface area contributed by atoms with Crippen LogP contribution in [0.5, 0.6) is 0 Å². The van der Waals surface area contributed by atoms with Crippen LogP contribution in [0.3, 0.4) is 0 Å². The van der Waals surface area contributed by atoms with E-state index in [0.717, 1.165) is 38.9 Å². The fourth-order valence-corrected chi connectivity index (χ4v) is 3.52. The highest BCUT2D eigenvalue weighted by molar-refractivity contribution is 9.10. The van der Waals surface area contributed by atoms with Crippen molar-refractivity contribution in [2.24, 2.45) is 0 Å². The zero-order valence-electron chi connectivity index (χ0n) is 13.0. The van der Waals surface area contributed by atoms with E-state index in [4.69, 9.17) is 28.2 Å². The van der Waals surface area contributed by atoms with Crippen LogP contribution in [0, 0.1) is 0 Å². The van der Waals surface area contributed by atoms with Crippen LogP contribution >= 0.6 is 39.1 Å². The lowest BCUT2D eigenvalue weighted by Crippen LogP contribution is -2.06. The van der Waals surface area contributed by atoms with E-state index in [-0.39, 0.29) is 0 Å². The number of aryl methyl sites for hydroxylation is 2. The monoisotopic (exact) mass is 422 g/mol. The summed E-state index contributed by atoms with van der Waals surface area (Å²) in [6.45, 7) is 0. The number of hydrogen-bond donors (Lipinski definition) is 1. The first kappa shape index (κ1) is 17.5. The number of pyridine rings is 1. The van der Waals surface area contributed by atoms with Gasteiger partial charge < -0.3 is 5.32 Å². The number of hydrogen-bond acceptors (Lipinski definition) is 2. The molecule has 1 heterocycles. The Kier molecular flexibility index (Phi) is 5.99. The molecule has 124 valence electrons. The van der Waals surface area contributed by atoms with E-state index in [2.05, 4.69) is 27.3 Å². The Morgan fingerprint density at radius 3 is 2.42 bits per heavy atom. The molecule has 0 radical (unpaired) electrons. The lowest BCUT2D eigenvalue weighted by Gasteiger charge is -2.18. The maximum Gasteiger partial charge on any atom is 0.0710 e. The molecular weight excluding hydrogens is 407 g/mol. The maximum absolute atomic E-state index is 6.09. The molecule has 0 amide bonds. The van der Waals surface area contributed by atoms with Gasteiger partial charge in [0.25, 0.3) is 0 Å². The minimum atomic E-state index is 0.527. The number of para-hydroxylation sites is 1. The van der Waals surface area contributed by atoms with Crippen LogP contribution in [0.2, 0.25) is 0 Å². The molecular formula is C19H17BrCl2N2. The standard InChI is InChI=1S/C19H17BrCl2N2/c20-13-6-7-17-16(12-13)15(8-10-21)19(18(24-17)9-11-22)23-14-4-2-1-3-5-14/h1-7,12,23H,8-11H2. The van der Waals surface area contributed by atoms with Gasteiger partial charge in [-0.1, -0.05) is 34.1 Å². The van der Waals surface area contributed by atoms with Gasteiger partial charge in [-0.25, -0.2) is 0 Å². The van der Waals surface area contributed by atoms with E-state index in [1.165, 1.54) is 5.56 Å². The van der Waals surface area contributed by atoms with Crippen LogP contribution < -0.4 is 5.32 Å². The average molecular weight is 424 g/mol. The van der Waals surface area contributed by atoms with Crippen molar-refractivity contribution in [2.45, 2.75) is 12.8 Å². The second kappa shape index (κ2) is 8.19.